The van der Waals surface area contributed by atoms with Crippen molar-refractivity contribution in [1.29, 1.82) is 0 Å². The van der Waals surface area contributed by atoms with E-state index in [1.807, 2.05) is 6.92 Å². The SMILES string of the molecule is Cc1cc(C)c(C)c(NCCC(C)N)c1C. The van der Waals surface area contributed by atoms with Gasteiger partial charge < -0.3 is 11.1 Å². The third kappa shape index (κ3) is 2.99. The maximum Gasteiger partial charge on any atom is 0.0404 e. The molecule has 1 aromatic rings. The highest BCUT2D eigenvalue weighted by atomic mass is 14.9. The fourth-order valence-electron chi connectivity index (χ4n) is 1.91. The molecule has 1 rings (SSSR count). The lowest BCUT2D eigenvalue weighted by atomic mass is 9.98. The van der Waals surface area contributed by atoms with Crippen LogP contribution in [0.5, 0.6) is 0 Å². The molecule has 0 radical (unpaired) electrons. The smallest absolute Gasteiger partial charge is 0.0404 e. The molecule has 1 aromatic carbocycles. The van der Waals surface area contributed by atoms with E-state index in [-0.39, 0.29) is 6.04 Å². The molecular weight excluding hydrogens is 196 g/mol. The van der Waals surface area contributed by atoms with Gasteiger partial charge in [-0.3, -0.25) is 0 Å². The second-order valence-corrected chi connectivity index (χ2v) is 4.83. The van der Waals surface area contributed by atoms with E-state index < -0.39 is 0 Å². The summed E-state index contributed by atoms with van der Waals surface area (Å²) in [5.74, 6) is 0. The molecule has 0 aliphatic rings. The number of nitrogens with two attached hydrogens (primary N) is 1. The van der Waals surface area contributed by atoms with Crippen LogP contribution in [-0.2, 0) is 0 Å². The highest BCUT2D eigenvalue weighted by Crippen LogP contribution is 2.26. The van der Waals surface area contributed by atoms with Crippen molar-refractivity contribution in [2.24, 2.45) is 5.73 Å². The molecule has 0 aromatic heterocycles. The number of nitrogens with one attached hydrogen (secondary N) is 1. The Morgan fingerprint density at radius 1 is 1.12 bits per heavy atom. The van der Waals surface area contributed by atoms with E-state index in [2.05, 4.69) is 39.1 Å². The average molecular weight is 220 g/mol. The minimum absolute atomic E-state index is 0.263. The fraction of sp³-hybridized carbons (Fsp3) is 0.571. The summed E-state index contributed by atoms with van der Waals surface area (Å²) in [6.07, 6.45) is 1.01. The number of benzene rings is 1. The van der Waals surface area contributed by atoms with E-state index in [1.54, 1.807) is 0 Å². The first kappa shape index (κ1) is 13.0. The monoisotopic (exact) mass is 220 g/mol. The zero-order valence-electron chi connectivity index (χ0n) is 11.1. The molecule has 0 heterocycles. The number of rotatable bonds is 4. The first-order valence-electron chi connectivity index (χ1n) is 6.00. The normalized spacial score (nSPS) is 12.6. The predicted octanol–water partition coefficient (Wildman–Crippen LogP) is 3.07. The van der Waals surface area contributed by atoms with E-state index in [9.17, 15) is 0 Å². The Labute approximate surface area is 99.2 Å². The van der Waals surface area contributed by atoms with Crippen LogP contribution in [0, 0.1) is 27.7 Å². The highest BCUT2D eigenvalue weighted by Gasteiger charge is 2.07. The van der Waals surface area contributed by atoms with E-state index in [1.165, 1.54) is 27.9 Å². The topological polar surface area (TPSA) is 38.0 Å². The molecule has 0 amide bonds. The summed E-state index contributed by atoms with van der Waals surface area (Å²) >= 11 is 0. The molecular formula is C14H24N2. The van der Waals surface area contributed by atoms with Crippen LogP contribution in [0.25, 0.3) is 0 Å². The zero-order valence-corrected chi connectivity index (χ0v) is 11.1. The van der Waals surface area contributed by atoms with E-state index in [4.69, 9.17) is 5.73 Å². The van der Waals surface area contributed by atoms with Gasteiger partial charge >= 0.3 is 0 Å². The van der Waals surface area contributed by atoms with Crippen LogP contribution in [0.15, 0.2) is 6.07 Å². The molecule has 2 nitrogen and oxygen atoms in total. The summed E-state index contributed by atoms with van der Waals surface area (Å²) in [4.78, 5) is 0. The van der Waals surface area contributed by atoms with Gasteiger partial charge in [0.2, 0.25) is 0 Å². The molecule has 1 unspecified atom stereocenters. The summed E-state index contributed by atoms with van der Waals surface area (Å²) in [5, 5.41) is 3.51. The van der Waals surface area contributed by atoms with Crippen molar-refractivity contribution in [3.8, 4) is 0 Å². The second-order valence-electron chi connectivity index (χ2n) is 4.83. The van der Waals surface area contributed by atoms with E-state index in [0.29, 0.717) is 0 Å². The number of hydrogen-bond acceptors (Lipinski definition) is 2. The van der Waals surface area contributed by atoms with Crippen molar-refractivity contribution in [1.82, 2.24) is 0 Å². The first-order chi connectivity index (χ1) is 7.43. The molecule has 16 heavy (non-hydrogen) atoms. The molecule has 0 bridgehead atoms. The lowest BCUT2D eigenvalue weighted by Crippen LogP contribution is -2.19. The van der Waals surface area contributed by atoms with Gasteiger partial charge in [-0.15, -0.1) is 0 Å². The molecule has 3 N–H and O–H groups in total. The van der Waals surface area contributed by atoms with E-state index >= 15 is 0 Å². The van der Waals surface area contributed by atoms with Gasteiger partial charge in [0, 0.05) is 18.3 Å². The van der Waals surface area contributed by atoms with Crippen LogP contribution >= 0.6 is 0 Å². The Morgan fingerprint density at radius 3 is 2.06 bits per heavy atom. The molecule has 0 saturated carbocycles. The summed E-state index contributed by atoms with van der Waals surface area (Å²) in [7, 11) is 0. The van der Waals surface area contributed by atoms with Crippen molar-refractivity contribution in [2.45, 2.75) is 47.1 Å². The van der Waals surface area contributed by atoms with Crippen LogP contribution in [0.2, 0.25) is 0 Å². The van der Waals surface area contributed by atoms with Crippen molar-refractivity contribution in [3.05, 3.63) is 28.3 Å². The zero-order chi connectivity index (χ0) is 12.3. The summed E-state index contributed by atoms with van der Waals surface area (Å²) in [6.45, 7) is 11.7. The average Bonchev–Trinajstić information content (AvgIpc) is 2.20. The Bertz CT molecular complexity index is 341. The largest absolute Gasteiger partial charge is 0.385 e. The van der Waals surface area contributed by atoms with Crippen LogP contribution < -0.4 is 11.1 Å². The van der Waals surface area contributed by atoms with Gasteiger partial charge in [0.25, 0.3) is 0 Å². The minimum atomic E-state index is 0.263. The van der Waals surface area contributed by atoms with Gasteiger partial charge in [-0.25, -0.2) is 0 Å². The maximum atomic E-state index is 5.75. The Morgan fingerprint density at radius 2 is 1.62 bits per heavy atom. The predicted molar refractivity (Wildman–Crippen MR) is 72.1 cm³/mol. The lowest BCUT2D eigenvalue weighted by Gasteiger charge is -2.17. The molecule has 2 heteroatoms. The maximum absolute atomic E-state index is 5.75. The lowest BCUT2D eigenvalue weighted by molar-refractivity contribution is 0.690. The van der Waals surface area contributed by atoms with Gasteiger partial charge in [-0.2, -0.15) is 0 Å². The van der Waals surface area contributed by atoms with E-state index in [0.717, 1.165) is 13.0 Å². The molecule has 0 spiro atoms. The van der Waals surface area contributed by atoms with Crippen molar-refractivity contribution in [2.75, 3.05) is 11.9 Å². The molecule has 0 saturated heterocycles. The fourth-order valence-corrected chi connectivity index (χ4v) is 1.91. The third-order valence-electron chi connectivity index (χ3n) is 3.27. The Hall–Kier alpha value is -1.02. The molecule has 0 fully saturated rings. The van der Waals surface area contributed by atoms with Crippen molar-refractivity contribution in [3.63, 3.8) is 0 Å². The summed E-state index contributed by atoms with van der Waals surface area (Å²) < 4.78 is 0. The van der Waals surface area contributed by atoms with Gasteiger partial charge in [-0.05, 0) is 63.3 Å². The first-order valence-corrected chi connectivity index (χ1v) is 6.00. The van der Waals surface area contributed by atoms with Crippen LogP contribution in [0.4, 0.5) is 5.69 Å². The molecule has 90 valence electrons. The van der Waals surface area contributed by atoms with Gasteiger partial charge in [0.1, 0.15) is 0 Å². The number of hydrogen-bond donors (Lipinski definition) is 2. The van der Waals surface area contributed by atoms with Crippen molar-refractivity contribution < 1.29 is 0 Å². The number of anilines is 1. The number of aryl methyl sites for hydroxylation is 2. The van der Waals surface area contributed by atoms with Crippen LogP contribution in [-0.4, -0.2) is 12.6 Å². The molecule has 0 aliphatic carbocycles. The highest BCUT2D eigenvalue weighted by molar-refractivity contribution is 5.62. The van der Waals surface area contributed by atoms with Crippen LogP contribution in [0.1, 0.15) is 35.6 Å². The minimum Gasteiger partial charge on any atom is -0.385 e. The summed E-state index contributed by atoms with van der Waals surface area (Å²) in [6, 6.07) is 2.51. The standard InChI is InChI=1S/C14H24N2/c1-9-8-10(2)13(5)14(12(9)4)16-7-6-11(3)15/h8,11,16H,6-7,15H2,1-5H3. The third-order valence-corrected chi connectivity index (χ3v) is 3.27. The Balaban J connectivity index is 2.86. The van der Waals surface area contributed by atoms with Gasteiger partial charge in [0.15, 0.2) is 0 Å². The molecule has 1 atom stereocenters. The van der Waals surface area contributed by atoms with Gasteiger partial charge in [-0.1, -0.05) is 6.07 Å². The van der Waals surface area contributed by atoms with Crippen molar-refractivity contribution >= 4 is 5.69 Å². The quantitative estimate of drug-likeness (QED) is 0.818. The molecule has 0 aliphatic heterocycles. The van der Waals surface area contributed by atoms with Gasteiger partial charge in [0.05, 0.1) is 0 Å². The summed E-state index contributed by atoms with van der Waals surface area (Å²) in [5.41, 5.74) is 12.5. The van der Waals surface area contributed by atoms with Crippen LogP contribution in [0.3, 0.4) is 0 Å². The second kappa shape index (κ2) is 5.35. The Kier molecular flexibility index (Phi) is 4.36.